The molecule has 0 spiro atoms. The van der Waals surface area contributed by atoms with Gasteiger partial charge in [0.15, 0.2) is 5.82 Å². The molecular weight excluding hydrogens is 468 g/mol. The normalized spacial score (nSPS) is 15.5. The number of benzene rings is 2. The fourth-order valence-electron chi connectivity index (χ4n) is 4.88. The molecule has 1 aliphatic rings. The first kappa shape index (κ1) is 24.4. The zero-order chi connectivity index (χ0) is 25.9. The van der Waals surface area contributed by atoms with Crippen LogP contribution in [-0.4, -0.2) is 51.6 Å². The Hall–Kier alpha value is -4.27. The molecule has 4 aromatic rings. The summed E-state index contributed by atoms with van der Waals surface area (Å²) in [5.41, 5.74) is 4.71. The van der Waals surface area contributed by atoms with Gasteiger partial charge in [0.2, 0.25) is 5.91 Å². The lowest BCUT2D eigenvalue weighted by molar-refractivity contribution is -0.120. The van der Waals surface area contributed by atoms with E-state index >= 15 is 0 Å². The molecule has 1 atom stereocenters. The first-order valence-corrected chi connectivity index (χ1v) is 12.6. The lowest BCUT2D eigenvalue weighted by Gasteiger charge is -2.32. The number of carbonyl (C=O) groups excluding carboxylic acids is 2. The van der Waals surface area contributed by atoms with Crippen LogP contribution >= 0.6 is 0 Å². The van der Waals surface area contributed by atoms with Crippen LogP contribution in [0, 0.1) is 19.8 Å². The van der Waals surface area contributed by atoms with Gasteiger partial charge < -0.3 is 15.0 Å². The van der Waals surface area contributed by atoms with Crippen molar-refractivity contribution in [3.63, 3.8) is 0 Å². The van der Waals surface area contributed by atoms with E-state index in [1.54, 1.807) is 31.2 Å². The highest BCUT2D eigenvalue weighted by molar-refractivity contribution is 5.95. The van der Waals surface area contributed by atoms with Crippen LogP contribution in [0.25, 0.3) is 16.6 Å². The average molecular weight is 499 g/mol. The van der Waals surface area contributed by atoms with Gasteiger partial charge in [0.25, 0.3) is 0 Å². The van der Waals surface area contributed by atoms with Crippen LogP contribution in [0.5, 0.6) is 0 Å². The van der Waals surface area contributed by atoms with E-state index in [2.05, 4.69) is 20.4 Å². The van der Waals surface area contributed by atoms with E-state index in [1.165, 1.54) is 0 Å². The zero-order valence-electron chi connectivity index (χ0n) is 21.3. The molecule has 0 radical (unpaired) electrons. The molecule has 3 heterocycles. The van der Waals surface area contributed by atoms with Gasteiger partial charge in [-0.25, -0.2) is 9.48 Å². The SMILES string of the molecule is CCOC(=O)c1ccc(NC(=O)C2CCCN(c3nnc(C)c4c(C)n(-c5ccccc5)nc34)C2)cc1. The Morgan fingerprint density at radius 3 is 2.54 bits per heavy atom. The number of hydrogen-bond donors (Lipinski definition) is 1. The molecule has 1 amide bonds. The number of nitrogens with one attached hydrogen (secondary N) is 1. The largest absolute Gasteiger partial charge is 0.462 e. The molecule has 37 heavy (non-hydrogen) atoms. The first-order chi connectivity index (χ1) is 18.0. The minimum Gasteiger partial charge on any atom is -0.462 e. The van der Waals surface area contributed by atoms with E-state index in [1.807, 2.05) is 48.9 Å². The lowest BCUT2D eigenvalue weighted by Crippen LogP contribution is -2.41. The maximum Gasteiger partial charge on any atom is 0.338 e. The molecule has 2 aromatic heterocycles. The molecule has 0 bridgehead atoms. The van der Waals surface area contributed by atoms with E-state index in [4.69, 9.17) is 9.84 Å². The third kappa shape index (κ3) is 4.89. The summed E-state index contributed by atoms with van der Waals surface area (Å²) in [4.78, 5) is 27.1. The van der Waals surface area contributed by atoms with Gasteiger partial charge in [0, 0.05) is 18.8 Å². The van der Waals surface area contributed by atoms with Crippen molar-refractivity contribution in [1.29, 1.82) is 0 Å². The van der Waals surface area contributed by atoms with Crippen LogP contribution in [0.3, 0.4) is 0 Å². The summed E-state index contributed by atoms with van der Waals surface area (Å²) in [6.45, 7) is 7.38. The van der Waals surface area contributed by atoms with Crippen molar-refractivity contribution in [2.75, 3.05) is 29.9 Å². The van der Waals surface area contributed by atoms with Gasteiger partial charge in [-0.3, -0.25) is 4.79 Å². The molecule has 0 saturated carbocycles. The number of ether oxygens (including phenoxy) is 1. The Balaban J connectivity index is 1.36. The first-order valence-electron chi connectivity index (χ1n) is 12.6. The van der Waals surface area contributed by atoms with Crippen LogP contribution in [0.2, 0.25) is 0 Å². The van der Waals surface area contributed by atoms with E-state index in [0.717, 1.165) is 47.4 Å². The van der Waals surface area contributed by atoms with Gasteiger partial charge >= 0.3 is 5.97 Å². The predicted molar refractivity (Wildman–Crippen MR) is 142 cm³/mol. The van der Waals surface area contributed by atoms with Gasteiger partial charge in [-0.1, -0.05) is 18.2 Å². The molecule has 9 heteroatoms. The number of nitrogens with zero attached hydrogens (tertiary/aromatic N) is 5. The van der Waals surface area contributed by atoms with Crippen molar-refractivity contribution in [2.24, 2.45) is 5.92 Å². The Kier molecular flexibility index (Phi) is 6.85. The second-order valence-electron chi connectivity index (χ2n) is 9.24. The van der Waals surface area contributed by atoms with E-state index < -0.39 is 0 Å². The highest BCUT2D eigenvalue weighted by Gasteiger charge is 2.29. The van der Waals surface area contributed by atoms with E-state index in [9.17, 15) is 9.59 Å². The van der Waals surface area contributed by atoms with E-state index in [-0.39, 0.29) is 17.8 Å². The summed E-state index contributed by atoms with van der Waals surface area (Å²) < 4.78 is 6.95. The van der Waals surface area contributed by atoms with E-state index in [0.29, 0.717) is 30.2 Å². The molecule has 190 valence electrons. The highest BCUT2D eigenvalue weighted by Crippen LogP contribution is 2.31. The summed E-state index contributed by atoms with van der Waals surface area (Å²) in [7, 11) is 0. The van der Waals surface area contributed by atoms with Gasteiger partial charge in [-0.05, 0) is 70.0 Å². The number of amides is 1. The molecule has 5 rings (SSSR count). The Morgan fingerprint density at radius 1 is 1.05 bits per heavy atom. The maximum absolute atomic E-state index is 13.1. The summed E-state index contributed by atoms with van der Waals surface area (Å²) in [5, 5.41) is 17.9. The molecule has 1 saturated heterocycles. The minimum absolute atomic E-state index is 0.0594. The van der Waals surface area contributed by atoms with Gasteiger partial charge in [0.05, 0.1) is 40.5 Å². The van der Waals surface area contributed by atoms with Gasteiger partial charge in [0.1, 0.15) is 5.52 Å². The molecule has 1 unspecified atom stereocenters. The number of anilines is 2. The second-order valence-corrected chi connectivity index (χ2v) is 9.24. The fourth-order valence-corrected chi connectivity index (χ4v) is 4.88. The monoisotopic (exact) mass is 498 g/mol. The molecule has 2 aromatic carbocycles. The topological polar surface area (TPSA) is 102 Å². The predicted octanol–water partition coefficient (Wildman–Crippen LogP) is 4.46. The molecule has 1 N–H and O–H groups in total. The minimum atomic E-state index is -0.376. The van der Waals surface area contributed by atoms with Crippen LogP contribution in [0.4, 0.5) is 11.5 Å². The van der Waals surface area contributed by atoms with Crippen LogP contribution in [0.15, 0.2) is 54.6 Å². The lowest BCUT2D eigenvalue weighted by atomic mass is 9.96. The van der Waals surface area contributed by atoms with Crippen molar-refractivity contribution < 1.29 is 14.3 Å². The van der Waals surface area contributed by atoms with Crippen molar-refractivity contribution in [3.8, 4) is 5.69 Å². The highest BCUT2D eigenvalue weighted by atomic mass is 16.5. The Labute approximate surface area is 215 Å². The number of carbonyl (C=O) groups is 2. The molecule has 9 nitrogen and oxygen atoms in total. The number of para-hydroxylation sites is 1. The van der Waals surface area contributed by atoms with Crippen molar-refractivity contribution in [2.45, 2.75) is 33.6 Å². The number of rotatable bonds is 6. The van der Waals surface area contributed by atoms with Gasteiger partial charge in [-0.15, -0.1) is 5.10 Å². The molecule has 0 aliphatic carbocycles. The van der Waals surface area contributed by atoms with Crippen LogP contribution in [0.1, 0.15) is 41.5 Å². The van der Waals surface area contributed by atoms with Crippen molar-refractivity contribution >= 4 is 34.3 Å². The number of hydrogen-bond acceptors (Lipinski definition) is 7. The summed E-state index contributed by atoms with van der Waals surface area (Å²) in [6.07, 6.45) is 1.64. The Bertz CT molecular complexity index is 1430. The third-order valence-electron chi connectivity index (χ3n) is 6.74. The van der Waals surface area contributed by atoms with Crippen molar-refractivity contribution in [1.82, 2.24) is 20.0 Å². The standard InChI is InChI=1S/C28H30N6O3/c1-4-37-28(36)20-12-14-22(15-13-20)29-27(35)21-9-8-16-33(17-21)26-25-24(18(2)30-31-26)19(3)34(32-25)23-10-6-5-7-11-23/h5-7,10-15,21H,4,8-9,16-17H2,1-3H3,(H,29,35). The summed E-state index contributed by atoms with van der Waals surface area (Å²) in [5.74, 6) is 0.0540. The van der Waals surface area contributed by atoms with Crippen LogP contribution < -0.4 is 10.2 Å². The summed E-state index contributed by atoms with van der Waals surface area (Å²) in [6, 6.07) is 16.8. The smallest absolute Gasteiger partial charge is 0.338 e. The number of esters is 1. The van der Waals surface area contributed by atoms with Crippen molar-refractivity contribution in [3.05, 3.63) is 71.5 Å². The number of aromatic nitrogens is 4. The fraction of sp³-hybridized carbons (Fsp3) is 0.321. The van der Waals surface area contributed by atoms with Crippen LogP contribution in [-0.2, 0) is 9.53 Å². The molecular formula is C28H30N6O3. The van der Waals surface area contributed by atoms with Gasteiger partial charge in [-0.2, -0.15) is 10.2 Å². The number of piperidine rings is 1. The average Bonchev–Trinajstić information content (AvgIpc) is 3.28. The zero-order valence-corrected chi connectivity index (χ0v) is 21.3. The third-order valence-corrected chi connectivity index (χ3v) is 6.74. The number of fused-ring (bicyclic) bond motifs is 1. The maximum atomic E-state index is 13.1. The summed E-state index contributed by atoms with van der Waals surface area (Å²) >= 11 is 0. The quantitative estimate of drug-likeness (QED) is 0.392. The number of aryl methyl sites for hydroxylation is 2. The molecule has 1 aliphatic heterocycles. The second kappa shape index (κ2) is 10.4. The Morgan fingerprint density at radius 2 is 1.81 bits per heavy atom. The molecule has 1 fully saturated rings.